The Morgan fingerprint density at radius 1 is 1.47 bits per heavy atom. The van der Waals surface area contributed by atoms with Gasteiger partial charge in [-0.2, -0.15) is 0 Å². The molecule has 1 aliphatic heterocycles. The molecule has 0 radical (unpaired) electrons. The second-order valence-electron chi connectivity index (χ2n) is 4.11. The van der Waals surface area contributed by atoms with Gasteiger partial charge in [0.15, 0.2) is 0 Å². The lowest BCUT2D eigenvalue weighted by Gasteiger charge is -2.42. The van der Waals surface area contributed by atoms with E-state index in [0.717, 1.165) is 18.2 Å². The summed E-state index contributed by atoms with van der Waals surface area (Å²) in [5.74, 6) is -2.08. The van der Waals surface area contributed by atoms with E-state index in [0.29, 0.717) is 13.0 Å². The SMILES string of the molecule is O=C(O)CCC1(c2cc(F)ccc2F)CCO1. The fourth-order valence-electron chi connectivity index (χ4n) is 2.05. The molecule has 1 aliphatic rings. The predicted molar refractivity (Wildman–Crippen MR) is 55.5 cm³/mol. The summed E-state index contributed by atoms with van der Waals surface area (Å²) in [4.78, 5) is 10.5. The highest BCUT2D eigenvalue weighted by Crippen LogP contribution is 2.42. The fourth-order valence-corrected chi connectivity index (χ4v) is 2.05. The average molecular weight is 242 g/mol. The first-order valence-corrected chi connectivity index (χ1v) is 5.35. The first-order valence-electron chi connectivity index (χ1n) is 5.35. The summed E-state index contributed by atoms with van der Waals surface area (Å²) < 4.78 is 32.0. The van der Waals surface area contributed by atoms with Crippen molar-refractivity contribution in [3.8, 4) is 0 Å². The van der Waals surface area contributed by atoms with Gasteiger partial charge in [-0.25, -0.2) is 8.78 Å². The van der Waals surface area contributed by atoms with E-state index in [1.807, 2.05) is 0 Å². The van der Waals surface area contributed by atoms with Gasteiger partial charge in [0.05, 0.1) is 12.2 Å². The normalized spacial score (nSPS) is 23.2. The Morgan fingerprint density at radius 2 is 2.18 bits per heavy atom. The van der Waals surface area contributed by atoms with Gasteiger partial charge in [0.2, 0.25) is 0 Å². The van der Waals surface area contributed by atoms with Crippen LogP contribution in [0, 0.1) is 11.6 Å². The highest BCUT2D eigenvalue weighted by molar-refractivity contribution is 5.66. The molecule has 0 saturated carbocycles. The van der Waals surface area contributed by atoms with Crippen LogP contribution in [0.15, 0.2) is 18.2 Å². The van der Waals surface area contributed by atoms with Crippen molar-refractivity contribution in [1.29, 1.82) is 0 Å². The molecule has 1 aromatic rings. The molecule has 1 heterocycles. The Balaban J connectivity index is 2.27. The molecule has 0 amide bonds. The Labute approximate surface area is 97.0 Å². The number of carboxylic acids is 1. The van der Waals surface area contributed by atoms with Crippen molar-refractivity contribution in [2.75, 3.05) is 6.61 Å². The maximum atomic E-state index is 13.6. The van der Waals surface area contributed by atoms with Crippen LogP contribution < -0.4 is 0 Å². The minimum absolute atomic E-state index is 0.116. The number of rotatable bonds is 4. The van der Waals surface area contributed by atoms with Crippen molar-refractivity contribution in [1.82, 2.24) is 0 Å². The number of aliphatic carboxylic acids is 1. The molecule has 0 bridgehead atoms. The highest BCUT2D eigenvalue weighted by Gasteiger charge is 2.42. The summed E-state index contributed by atoms with van der Waals surface area (Å²) in [6.07, 6.45) is 0.541. The number of ether oxygens (including phenoxy) is 1. The maximum absolute atomic E-state index is 13.6. The number of hydrogen-bond donors (Lipinski definition) is 1. The van der Waals surface area contributed by atoms with E-state index in [9.17, 15) is 13.6 Å². The van der Waals surface area contributed by atoms with Crippen molar-refractivity contribution in [2.45, 2.75) is 24.9 Å². The summed E-state index contributed by atoms with van der Waals surface area (Å²) >= 11 is 0. The summed E-state index contributed by atoms with van der Waals surface area (Å²) in [6.45, 7) is 0.440. The predicted octanol–water partition coefficient (Wildman–Crippen LogP) is 2.45. The van der Waals surface area contributed by atoms with Gasteiger partial charge >= 0.3 is 5.97 Å². The third-order valence-electron chi connectivity index (χ3n) is 3.05. The number of halogens is 2. The lowest BCUT2D eigenvalue weighted by atomic mass is 9.82. The van der Waals surface area contributed by atoms with Crippen molar-refractivity contribution in [3.05, 3.63) is 35.4 Å². The molecule has 3 nitrogen and oxygen atoms in total. The quantitative estimate of drug-likeness (QED) is 0.882. The van der Waals surface area contributed by atoms with E-state index in [1.165, 1.54) is 0 Å². The van der Waals surface area contributed by atoms with Crippen LogP contribution in [-0.2, 0) is 15.1 Å². The molecule has 5 heteroatoms. The monoisotopic (exact) mass is 242 g/mol. The summed E-state index contributed by atoms with van der Waals surface area (Å²) in [5, 5.41) is 8.64. The van der Waals surface area contributed by atoms with E-state index >= 15 is 0 Å². The van der Waals surface area contributed by atoms with Crippen molar-refractivity contribution >= 4 is 5.97 Å². The van der Waals surface area contributed by atoms with Gasteiger partial charge in [0.1, 0.15) is 11.6 Å². The van der Waals surface area contributed by atoms with Gasteiger partial charge < -0.3 is 9.84 Å². The number of benzene rings is 1. The molecule has 0 aliphatic carbocycles. The molecule has 1 N–H and O–H groups in total. The molecule has 1 unspecified atom stereocenters. The maximum Gasteiger partial charge on any atom is 0.303 e. The van der Waals surface area contributed by atoms with Gasteiger partial charge in [0.25, 0.3) is 0 Å². The van der Waals surface area contributed by atoms with Crippen LogP contribution >= 0.6 is 0 Å². The van der Waals surface area contributed by atoms with Crippen LogP contribution in [0.5, 0.6) is 0 Å². The summed E-state index contributed by atoms with van der Waals surface area (Å²) in [6, 6.07) is 3.15. The van der Waals surface area contributed by atoms with Crippen LogP contribution in [-0.4, -0.2) is 17.7 Å². The molecule has 0 spiro atoms. The van der Waals surface area contributed by atoms with Crippen molar-refractivity contribution < 1.29 is 23.4 Å². The van der Waals surface area contributed by atoms with E-state index in [4.69, 9.17) is 9.84 Å². The van der Waals surface area contributed by atoms with E-state index in [-0.39, 0.29) is 18.4 Å². The third-order valence-corrected chi connectivity index (χ3v) is 3.05. The molecule has 1 atom stereocenters. The van der Waals surface area contributed by atoms with Gasteiger partial charge in [-0.15, -0.1) is 0 Å². The largest absolute Gasteiger partial charge is 0.481 e. The van der Waals surface area contributed by atoms with Gasteiger partial charge in [-0.05, 0) is 24.6 Å². The molecular formula is C12H12F2O3. The zero-order valence-corrected chi connectivity index (χ0v) is 9.08. The van der Waals surface area contributed by atoms with Gasteiger partial charge in [0, 0.05) is 18.4 Å². The Bertz CT molecular complexity index is 441. The van der Waals surface area contributed by atoms with Crippen LogP contribution in [0.4, 0.5) is 8.78 Å². The van der Waals surface area contributed by atoms with Crippen LogP contribution in [0.3, 0.4) is 0 Å². The lowest BCUT2D eigenvalue weighted by Crippen LogP contribution is -2.42. The Hall–Kier alpha value is -1.49. The number of carbonyl (C=O) groups is 1. The molecule has 1 aromatic carbocycles. The van der Waals surface area contributed by atoms with E-state index in [1.54, 1.807) is 0 Å². The molecule has 1 saturated heterocycles. The average Bonchev–Trinajstić information content (AvgIpc) is 2.21. The van der Waals surface area contributed by atoms with Crippen molar-refractivity contribution in [3.63, 3.8) is 0 Å². The second kappa shape index (κ2) is 4.41. The topological polar surface area (TPSA) is 46.5 Å². The zero-order valence-electron chi connectivity index (χ0n) is 9.08. The first-order chi connectivity index (χ1) is 8.03. The summed E-state index contributed by atoms with van der Waals surface area (Å²) in [5.41, 5.74) is -0.852. The van der Waals surface area contributed by atoms with Crippen LogP contribution in [0.25, 0.3) is 0 Å². The fraction of sp³-hybridized carbons (Fsp3) is 0.417. The van der Waals surface area contributed by atoms with E-state index in [2.05, 4.69) is 0 Å². The van der Waals surface area contributed by atoms with Crippen LogP contribution in [0.1, 0.15) is 24.8 Å². The molecule has 0 aromatic heterocycles. The lowest BCUT2D eigenvalue weighted by molar-refractivity contribution is -0.167. The highest BCUT2D eigenvalue weighted by atomic mass is 19.1. The Morgan fingerprint density at radius 3 is 2.71 bits per heavy atom. The van der Waals surface area contributed by atoms with Gasteiger partial charge in [-0.1, -0.05) is 0 Å². The molecule has 1 fully saturated rings. The molecular weight excluding hydrogens is 230 g/mol. The minimum atomic E-state index is -0.975. The smallest absolute Gasteiger partial charge is 0.303 e. The third kappa shape index (κ3) is 2.29. The number of hydrogen-bond acceptors (Lipinski definition) is 2. The summed E-state index contributed by atoms with van der Waals surface area (Å²) in [7, 11) is 0. The standard InChI is InChI=1S/C12H12F2O3/c13-8-1-2-10(14)9(7-8)12(5-6-17-12)4-3-11(15)16/h1-2,7H,3-6H2,(H,15,16). The van der Waals surface area contributed by atoms with Crippen LogP contribution in [0.2, 0.25) is 0 Å². The van der Waals surface area contributed by atoms with E-state index < -0.39 is 23.2 Å². The van der Waals surface area contributed by atoms with Gasteiger partial charge in [-0.3, -0.25) is 4.79 Å². The second-order valence-corrected chi connectivity index (χ2v) is 4.11. The molecule has 2 rings (SSSR count). The molecule has 17 heavy (non-hydrogen) atoms. The number of carboxylic acid groups (broad SMARTS) is 1. The Kier molecular flexibility index (Phi) is 3.11. The minimum Gasteiger partial charge on any atom is -0.481 e. The zero-order chi connectivity index (χ0) is 12.5. The molecule has 92 valence electrons. The van der Waals surface area contributed by atoms with Crippen molar-refractivity contribution in [2.24, 2.45) is 0 Å². The first kappa shape index (κ1) is 12.0.